The van der Waals surface area contributed by atoms with Gasteiger partial charge in [-0.15, -0.1) is 0 Å². The van der Waals surface area contributed by atoms with Crippen LogP contribution in [0.25, 0.3) is 0 Å². The highest BCUT2D eigenvalue weighted by molar-refractivity contribution is 7.86. The van der Waals surface area contributed by atoms with Gasteiger partial charge in [0.05, 0.1) is 14.2 Å². The van der Waals surface area contributed by atoms with Crippen molar-refractivity contribution in [3.05, 3.63) is 52.6 Å². The molecular formula is C19H20N2O5S. The van der Waals surface area contributed by atoms with Crippen molar-refractivity contribution in [2.24, 2.45) is 5.16 Å². The maximum absolute atomic E-state index is 12.6. The van der Waals surface area contributed by atoms with Crippen LogP contribution in [0.2, 0.25) is 0 Å². The van der Waals surface area contributed by atoms with Gasteiger partial charge in [0, 0.05) is 5.56 Å². The maximum Gasteiger partial charge on any atom is 0.359 e. The number of aryl methyl sites for hydroxylation is 3. The first-order valence-corrected chi connectivity index (χ1v) is 9.36. The van der Waals surface area contributed by atoms with E-state index in [1.807, 2.05) is 13.0 Å². The molecule has 0 bridgehead atoms. The Morgan fingerprint density at radius 1 is 1.00 bits per heavy atom. The van der Waals surface area contributed by atoms with Crippen LogP contribution >= 0.6 is 0 Å². The van der Waals surface area contributed by atoms with E-state index in [9.17, 15) is 13.7 Å². The molecule has 0 heterocycles. The molecule has 27 heavy (non-hydrogen) atoms. The van der Waals surface area contributed by atoms with E-state index in [1.165, 1.54) is 20.3 Å². The van der Waals surface area contributed by atoms with E-state index in [2.05, 4.69) is 5.16 Å². The van der Waals surface area contributed by atoms with Crippen LogP contribution in [0.15, 0.2) is 40.4 Å². The van der Waals surface area contributed by atoms with E-state index in [4.69, 9.17) is 13.8 Å². The van der Waals surface area contributed by atoms with Crippen molar-refractivity contribution < 1.29 is 22.2 Å². The van der Waals surface area contributed by atoms with Crippen LogP contribution in [0.5, 0.6) is 11.5 Å². The minimum absolute atomic E-state index is 0.0430. The molecule has 0 aromatic heterocycles. The number of methoxy groups -OCH3 is 2. The van der Waals surface area contributed by atoms with Crippen LogP contribution in [0.3, 0.4) is 0 Å². The van der Waals surface area contributed by atoms with E-state index < -0.39 is 10.1 Å². The van der Waals surface area contributed by atoms with Gasteiger partial charge in [-0.25, -0.2) is 0 Å². The molecule has 0 saturated heterocycles. The molecular weight excluding hydrogens is 368 g/mol. The molecule has 0 aliphatic rings. The number of benzene rings is 2. The Labute approximate surface area is 158 Å². The number of nitriles is 1. The molecule has 142 valence electrons. The smallest absolute Gasteiger partial charge is 0.359 e. The van der Waals surface area contributed by atoms with Crippen molar-refractivity contribution in [2.75, 3.05) is 14.2 Å². The summed E-state index contributed by atoms with van der Waals surface area (Å²) in [4.78, 5) is 0.0430. The quantitative estimate of drug-likeness (QED) is 0.556. The highest BCUT2D eigenvalue weighted by Gasteiger charge is 2.22. The summed E-state index contributed by atoms with van der Waals surface area (Å²) in [6.45, 7) is 5.24. The SMILES string of the molecule is COc1ccc(/C(C#N)=N\OS(=O)(=O)c2c(C)cc(C)cc2C)cc1OC. The number of hydrogen-bond acceptors (Lipinski definition) is 7. The fraction of sp³-hybridized carbons (Fsp3) is 0.263. The fourth-order valence-corrected chi connectivity index (χ4v) is 3.96. The predicted octanol–water partition coefficient (Wildman–Crippen LogP) is 3.26. The third-order valence-corrected chi connectivity index (χ3v) is 5.26. The second-order valence-corrected chi connectivity index (χ2v) is 7.34. The lowest BCUT2D eigenvalue weighted by Gasteiger charge is -2.11. The second kappa shape index (κ2) is 8.10. The number of rotatable bonds is 6. The minimum atomic E-state index is -4.17. The highest BCUT2D eigenvalue weighted by atomic mass is 32.2. The Morgan fingerprint density at radius 3 is 2.11 bits per heavy atom. The van der Waals surface area contributed by atoms with Gasteiger partial charge in [0.2, 0.25) is 0 Å². The van der Waals surface area contributed by atoms with Gasteiger partial charge < -0.3 is 9.47 Å². The third kappa shape index (κ3) is 4.38. The van der Waals surface area contributed by atoms with E-state index in [1.54, 1.807) is 38.1 Å². The summed E-state index contributed by atoms with van der Waals surface area (Å²) in [5, 5.41) is 12.9. The standard InChI is InChI=1S/C19H20N2O5S/c1-12-8-13(2)19(14(3)9-12)27(22,23)26-21-16(11-20)15-6-7-17(24-4)18(10-15)25-5/h6-10H,1-5H3/b21-16-. The fourth-order valence-electron chi connectivity index (χ4n) is 2.81. The first kappa shape index (κ1) is 20.3. The van der Waals surface area contributed by atoms with Gasteiger partial charge in [0.15, 0.2) is 17.2 Å². The third-order valence-electron chi connectivity index (χ3n) is 3.84. The summed E-state index contributed by atoms with van der Waals surface area (Å²) in [5.41, 5.74) is 2.17. The first-order chi connectivity index (χ1) is 12.7. The van der Waals surface area contributed by atoms with Crippen molar-refractivity contribution in [2.45, 2.75) is 25.7 Å². The lowest BCUT2D eigenvalue weighted by Crippen LogP contribution is -2.09. The van der Waals surface area contributed by atoms with Gasteiger partial charge in [0.25, 0.3) is 0 Å². The van der Waals surface area contributed by atoms with Crippen LogP contribution in [0.1, 0.15) is 22.3 Å². The molecule has 0 saturated carbocycles. The van der Waals surface area contributed by atoms with Gasteiger partial charge in [-0.3, -0.25) is 4.28 Å². The van der Waals surface area contributed by atoms with Crippen molar-refractivity contribution in [3.8, 4) is 17.6 Å². The van der Waals surface area contributed by atoms with Crippen molar-refractivity contribution in [1.82, 2.24) is 0 Å². The van der Waals surface area contributed by atoms with Crippen LogP contribution in [-0.4, -0.2) is 28.3 Å². The van der Waals surface area contributed by atoms with E-state index in [-0.39, 0.29) is 10.6 Å². The lowest BCUT2D eigenvalue weighted by atomic mass is 10.1. The summed E-state index contributed by atoms with van der Waals surface area (Å²) in [6.07, 6.45) is 0. The monoisotopic (exact) mass is 388 g/mol. The highest BCUT2D eigenvalue weighted by Crippen LogP contribution is 2.28. The van der Waals surface area contributed by atoms with Crippen molar-refractivity contribution in [1.29, 1.82) is 5.26 Å². The molecule has 2 aromatic carbocycles. The van der Waals surface area contributed by atoms with E-state index in [0.717, 1.165) is 5.56 Å². The summed E-state index contributed by atoms with van der Waals surface area (Å²) >= 11 is 0. The summed E-state index contributed by atoms with van der Waals surface area (Å²) in [6, 6.07) is 9.98. The minimum Gasteiger partial charge on any atom is -0.493 e. The largest absolute Gasteiger partial charge is 0.493 e. The number of ether oxygens (including phenoxy) is 2. The molecule has 2 aromatic rings. The molecule has 8 heteroatoms. The Balaban J connectivity index is 2.42. The lowest BCUT2D eigenvalue weighted by molar-refractivity contribution is 0.339. The van der Waals surface area contributed by atoms with Crippen LogP contribution in [-0.2, 0) is 14.4 Å². The number of nitrogens with zero attached hydrogens (tertiary/aromatic N) is 2. The second-order valence-electron chi connectivity index (χ2n) is 5.88. The van der Waals surface area contributed by atoms with Gasteiger partial charge in [-0.2, -0.15) is 13.7 Å². The Morgan fingerprint density at radius 2 is 1.59 bits per heavy atom. The molecule has 0 amide bonds. The summed E-state index contributed by atoms with van der Waals surface area (Å²) in [5.74, 6) is 0.851. The molecule has 0 radical (unpaired) electrons. The van der Waals surface area contributed by atoms with Crippen LogP contribution in [0.4, 0.5) is 0 Å². The molecule has 0 fully saturated rings. The Bertz CT molecular complexity index is 1010. The molecule has 2 rings (SSSR count). The van der Waals surface area contributed by atoms with Gasteiger partial charge in [0.1, 0.15) is 11.0 Å². The Kier molecular flexibility index (Phi) is 6.08. The van der Waals surface area contributed by atoms with Crippen LogP contribution in [0, 0.1) is 32.1 Å². The van der Waals surface area contributed by atoms with Gasteiger partial charge in [-0.05, 0) is 50.1 Å². The van der Waals surface area contributed by atoms with E-state index in [0.29, 0.717) is 28.2 Å². The van der Waals surface area contributed by atoms with Gasteiger partial charge >= 0.3 is 10.1 Å². The van der Waals surface area contributed by atoms with Crippen LogP contribution < -0.4 is 9.47 Å². The summed E-state index contributed by atoms with van der Waals surface area (Å²) < 4.78 is 40.3. The zero-order valence-corrected chi connectivity index (χ0v) is 16.5. The molecule has 0 aliphatic carbocycles. The summed E-state index contributed by atoms with van der Waals surface area (Å²) in [7, 11) is -1.24. The molecule has 0 atom stereocenters. The molecule has 7 nitrogen and oxygen atoms in total. The van der Waals surface area contributed by atoms with Crippen molar-refractivity contribution >= 4 is 15.8 Å². The normalized spacial score (nSPS) is 11.6. The number of oxime groups is 1. The van der Waals surface area contributed by atoms with Gasteiger partial charge in [-0.1, -0.05) is 22.9 Å². The van der Waals surface area contributed by atoms with E-state index >= 15 is 0 Å². The zero-order valence-electron chi connectivity index (χ0n) is 15.7. The maximum atomic E-state index is 12.6. The first-order valence-electron chi connectivity index (χ1n) is 7.95. The molecule has 0 N–H and O–H groups in total. The molecule has 0 aliphatic heterocycles. The Hall–Kier alpha value is -3.05. The average molecular weight is 388 g/mol. The predicted molar refractivity (Wildman–Crippen MR) is 101 cm³/mol. The van der Waals surface area contributed by atoms with Crippen molar-refractivity contribution in [3.63, 3.8) is 0 Å². The zero-order chi connectivity index (χ0) is 20.2. The molecule has 0 unspecified atom stereocenters. The topological polar surface area (TPSA) is 98.0 Å². The average Bonchev–Trinajstić information content (AvgIpc) is 2.60. The number of hydrogen-bond donors (Lipinski definition) is 0. The molecule has 0 spiro atoms.